The molecule has 0 aliphatic carbocycles. The predicted molar refractivity (Wildman–Crippen MR) is 100 cm³/mol. The molecule has 1 amide bonds. The molecule has 0 radical (unpaired) electrons. The van der Waals surface area contributed by atoms with Gasteiger partial charge in [-0.2, -0.15) is 5.26 Å². The lowest BCUT2D eigenvalue weighted by Crippen LogP contribution is -2.25. The lowest BCUT2D eigenvalue weighted by atomic mass is 10.1. The van der Waals surface area contributed by atoms with E-state index in [9.17, 15) is 13.2 Å². The van der Waals surface area contributed by atoms with Crippen LogP contribution in [-0.4, -0.2) is 20.9 Å². The third-order valence-corrected chi connectivity index (χ3v) is 5.10. The van der Waals surface area contributed by atoms with Gasteiger partial charge < -0.3 is 5.32 Å². The first-order valence-electron chi connectivity index (χ1n) is 8.23. The van der Waals surface area contributed by atoms with Crippen molar-refractivity contribution < 1.29 is 13.2 Å². The van der Waals surface area contributed by atoms with Crippen LogP contribution in [0.1, 0.15) is 36.2 Å². The van der Waals surface area contributed by atoms with Crippen molar-refractivity contribution in [3.05, 3.63) is 59.7 Å². The number of sulfonamides is 1. The van der Waals surface area contributed by atoms with E-state index in [2.05, 4.69) is 23.9 Å². The summed E-state index contributed by atoms with van der Waals surface area (Å²) in [5.41, 5.74) is 1.21. The number of anilines is 1. The van der Waals surface area contributed by atoms with Crippen molar-refractivity contribution in [1.29, 1.82) is 5.26 Å². The first-order valence-corrected chi connectivity index (χ1v) is 9.71. The van der Waals surface area contributed by atoms with Crippen LogP contribution < -0.4 is 10.0 Å². The second-order valence-electron chi connectivity index (χ2n) is 6.26. The minimum absolute atomic E-state index is 0.0561. The van der Waals surface area contributed by atoms with Crippen molar-refractivity contribution in [2.75, 3.05) is 11.3 Å². The highest BCUT2D eigenvalue weighted by atomic mass is 32.2. The Hall–Kier alpha value is -2.85. The highest BCUT2D eigenvalue weighted by molar-refractivity contribution is 7.92. The third-order valence-electron chi connectivity index (χ3n) is 3.70. The van der Waals surface area contributed by atoms with Crippen LogP contribution in [0.15, 0.2) is 53.4 Å². The van der Waals surface area contributed by atoms with Crippen molar-refractivity contribution in [3.63, 3.8) is 0 Å². The molecule has 136 valence electrons. The Balaban J connectivity index is 2.05. The molecule has 0 saturated heterocycles. The molecule has 0 heterocycles. The van der Waals surface area contributed by atoms with Gasteiger partial charge in [-0.05, 0) is 60.9 Å². The van der Waals surface area contributed by atoms with Gasteiger partial charge in [-0.1, -0.05) is 13.8 Å². The molecule has 7 heteroatoms. The van der Waals surface area contributed by atoms with E-state index in [0.717, 1.165) is 6.42 Å². The fourth-order valence-electron chi connectivity index (χ4n) is 2.19. The number of rotatable bonds is 7. The molecule has 0 spiro atoms. The van der Waals surface area contributed by atoms with Gasteiger partial charge >= 0.3 is 0 Å². The molecule has 6 nitrogen and oxygen atoms in total. The van der Waals surface area contributed by atoms with Crippen LogP contribution in [0, 0.1) is 17.2 Å². The second-order valence-corrected chi connectivity index (χ2v) is 7.94. The number of nitrogens with zero attached hydrogens (tertiary/aromatic N) is 1. The molecule has 0 aromatic heterocycles. The number of benzene rings is 2. The molecular formula is C19H21N3O3S. The third kappa shape index (κ3) is 5.33. The van der Waals surface area contributed by atoms with Gasteiger partial charge in [0.15, 0.2) is 0 Å². The highest BCUT2D eigenvalue weighted by Crippen LogP contribution is 2.17. The van der Waals surface area contributed by atoms with E-state index in [4.69, 9.17) is 5.26 Å². The Labute approximate surface area is 153 Å². The summed E-state index contributed by atoms with van der Waals surface area (Å²) >= 11 is 0. The molecule has 0 aliphatic heterocycles. The molecule has 2 rings (SSSR count). The SMILES string of the molecule is CC(C)CCNC(=O)c1ccc(S(=O)(=O)Nc2ccc(C#N)cc2)cc1. The molecule has 0 saturated carbocycles. The van der Waals surface area contributed by atoms with Crippen LogP contribution in [0.2, 0.25) is 0 Å². The molecule has 2 aromatic rings. The first-order chi connectivity index (χ1) is 12.3. The van der Waals surface area contributed by atoms with E-state index in [-0.39, 0.29) is 10.8 Å². The average Bonchev–Trinajstić information content (AvgIpc) is 2.62. The summed E-state index contributed by atoms with van der Waals surface area (Å²) in [5.74, 6) is 0.269. The van der Waals surface area contributed by atoms with Gasteiger partial charge in [0.1, 0.15) is 0 Å². The standard InChI is InChI=1S/C19H21N3O3S/c1-14(2)11-12-21-19(23)16-5-9-18(10-6-16)26(24,25)22-17-7-3-15(13-20)4-8-17/h3-10,14,22H,11-12H2,1-2H3,(H,21,23). The predicted octanol–water partition coefficient (Wildman–Crippen LogP) is 3.13. The van der Waals surface area contributed by atoms with E-state index < -0.39 is 10.0 Å². The summed E-state index contributed by atoms with van der Waals surface area (Å²) in [5, 5.41) is 11.6. The molecular weight excluding hydrogens is 350 g/mol. The summed E-state index contributed by atoms with van der Waals surface area (Å²) in [7, 11) is -3.77. The monoisotopic (exact) mass is 371 g/mol. The molecule has 2 aromatic carbocycles. The Morgan fingerprint density at radius 1 is 1.08 bits per heavy atom. The van der Waals surface area contributed by atoms with Crippen LogP contribution in [-0.2, 0) is 10.0 Å². The summed E-state index contributed by atoms with van der Waals surface area (Å²) in [6, 6.07) is 13.8. The minimum atomic E-state index is -3.77. The number of carbonyl (C=O) groups is 1. The number of hydrogen-bond donors (Lipinski definition) is 2. The average molecular weight is 371 g/mol. The van der Waals surface area contributed by atoms with E-state index in [1.807, 2.05) is 6.07 Å². The fourth-order valence-corrected chi connectivity index (χ4v) is 3.25. The van der Waals surface area contributed by atoms with Crippen LogP contribution in [0.5, 0.6) is 0 Å². The molecule has 0 aliphatic rings. The maximum atomic E-state index is 12.4. The summed E-state index contributed by atoms with van der Waals surface area (Å²) in [6.45, 7) is 4.73. The largest absolute Gasteiger partial charge is 0.352 e. The van der Waals surface area contributed by atoms with Crippen LogP contribution in [0.25, 0.3) is 0 Å². The number of nitrogens with one attached hydrogen (secondary N) is 2. The Kier molecular flexibility index (Phi) is 6.36. The first kappa shape index (κ1) is 19.5. The van der Waals surface area contributed by atoms with E-state index >= 15 is 0 Å². The minimum Gasteiger partial charge on any atom is -0.352 e. The van der Waals surface area contributed by atoms with Crippen LogP contribution >= 0.6 is 0 Å². The van der Waals surface area contributed by atoms with Crippen LogP contribution in [0.3, 0.4) is 0 Å². The van der Waals surface area contributed by atoms with Gasteiger partial charge in [0.05, 0.1) is 16.5 Å². The van der Waals surface area contributed by atoms with Gasteiger partial charge in [-0.3, -0.25) is 9.52 Å². The fraction of sp³-hybridized carbons (Fsp3) is 0.263. The molecule has 0 unspecified atom stereocenters. The number of carbonyl (C=O) groups excluding carboxylic acids is 1. The Morgan fingerprint density at radius 2 is 1.69 bits per heavy atom. The zero-order valence-corrected chi connectivity index (χ0v) is 15.5. The van der Waals surface area contributed by atoms with E-state index in [0.29, 0.717) is 29.3 Å². The van der Waals surface area contributed by atoms with Gasteiger partial charge in [0, 0.05) is 17.8 Å². The normalized spacial score (nSPS) is 11.0. The van der Waals surface area contributed by atoms with Gasteiger partial charge in [0.25, 0.3) is 15.9 Å². The molecule has 0 atom stereocenters. The van der Waals surface area contributed by atoms with Crippen molar-refractivity contribution >= 4 is 21.6 Å². The van der Waals surface area contributed by atoms with Crippen molar-refractivity contribution in [3.8, 4) is 6.07 Å². The number of nitriles is 1. The number of amides is 1. The maximum Gasteiger partial charge on any atom is 0.261 e. The molecule has 0 fully saturated rings. The summed E-state index contributed by atoms with van der Waals surface area (Å²) in [6.07, 6.45) is 0.882. The van der Waals surface area contributed by atoms with Crippen molar-refractivity contribution in [2.45, 2.75) is 25.2 Å². The topological polar surface area (TPSA) is 99.1 Å². The van der Waals surface area contributed by atoms with Gasteiger partial charge in [0.2, 0.25) is 0 Å². The highest BCUT2D eigenvalue weighted by Gasteiger charge is 2.15. The molecule has 2 N–H and O–H groups in total. The molecule has 0 bridgehead atoms. The Bertz CT molecular complexity index is 897. The Morgan fingerprint density at radius 3 is 2.23 bits per heavy atom. The van der Waals surface area contributed by atoms with Crippen molar-refractivity contribution in [2.24, 2.45) is 5.92 Å². The van der Waals surface area contributed by atoms with E-state index in [1.165, 1.54) is 48.5 Å². The van der Waals surface area contributed by atoms with E-state index in [1.54, 1.807) is 0 Å². The quantitative estimate of drug-likeness (QED) is 0.781. The lowest BCUT2D eigenvalue weighted by Gasteiger charge is -2.10. The smallest absolute Gasteiger partial charge is 0.261 e. The number of hydrogen-bond acceptors (Lipinski definition) is 4. The van der Waals surface area contributed by atoms with Crippen molar-refractivity contribution in [1.82, 2.24) is 5.32 Å². The lowest BCUT2D eigenvalue weighted by molar-refractivity contribution is 0.0952. The maximum absolute atomic E-state index is 12.4. The zero-order valence-electron chi connectivity index (χ0n) is 14.7. The second kappa shape index (κ2) is 8.50. The van der Waals surface area contributed by atoms with Gasteiger partial charge in [-0.25, -0.2) is 8.42 Å². The van der Waals surface area contributed by atoms with Crippen LogP contribution in [0.4, 0.5) is 5.69 Å². The van der Waals surface area contributed by atoms with Gasteiger partial charge in [-0.15, -0.1) is 0 Å². The summed E-state index contributed by atoms with van der Waals surface area (Å²) in [4.78, 5) is 12.1. The summed E-state index contributed by atoms with van der Waals surface area (Å²) < 4.78 is 27.3. The zero-order chi connectivity index (χ0) is 19.2. The molecule has 26 heavy (non-hydrogen) atoms.